The summed E-state index contributed by atoms with van der Waals surface area (Å²) in [5.41, 5.74) is 2.40. The number of rotatable bonds is 3. The van der Waals surface area contributed by atoms with E-state index in [1.807, 2.05) is 13.1 Å². The monoisotopic (exact) mass is 311 g/mol. The fourth-order valence-corrected chi connectivity index (χ4v) is 3.55. The highest BCUT2D eigenvalue weighted by atomic mass is 16.4. The van der Waals surface area contributed by atoms with Gasteiger partial charge in [-0.3, -0.25) is 10.00 Å². The molecule has 1 aliphatic heterocycles. The third-order valence-electron chi connectivity index (χ3n) is 4.87. The number of benzene rings is 1. The van der Waals surface area contributed by atoms with Crippen LogP contribution in [0.4, 0.5) is 0 Å². The number of aryl methyl sites for hydroxylation is 1. The molecule has 0 spiro atoms. The van der Waals surface area contributed by atoms with Gasteiger partial charge in [0, 0.05) is 24.9 Å². The van der Waals surface area contributed by atoms with E-state index in [-0.39, 0.29) is 0 Å². The number of piperidine rings is 1. The van der Waals surface area contributed by atoms with Gasteiger partial charge in [-0.2, -0.15) is 5.10 Å². The summed E-state index contributed by atoms with van der Waals surface area (Å²) < 4.78 is 5.68. The van der Waals surface area contributed by atoms with Crippen LogP contribution in [-0.4, -0.2) is 37.9 Å². The van der Waals surface area contributed by atoms with Gasteiger partial charge < -0.3 is 4.42 Å². The van der Waals surface area contributed by atoms with E-state index in [2.05, 4.69) is 50.4 Å². The van der Waals surface area contributed by atoms with Gasteiger partial charge in [0.2, 0.25) is 11.8 Å². The lowest BCUT2D eigenvalue weighted by molar-refractivity contribution is 0.119. The molecule has 3 heterocycles. The van der Waals surface area contributed by atoms with Crippen LogP contribution in [0, 0.1) is 6.92 Å². The van der Waals surface area contributed by atoms with Gasteiger partial charge in [-0.05, 0) is 37.9 Å². The first-order valence-electron chi connectivity index (χ1n) is 8.17. The van der Waals surface area contributed by atoms with E-state index in [1.54, 1.807) is 0 Å². The largest absolute Gasteiger partial charge is 0.425 e. The van der Waals surface area contributed by atoms with Gasteiger partial charge in [0.1, 0.15) is 0 Å². The van der Waals surface area contributed by atoms with Crippen LogP contribution in [0.2, 0.25) is 0 Å². The molecule has 1 saturated heterocycles. The fraction of sp³-hybridized carbons (Fsp3) is 0.471. The number of hydrogen-bond acceptors (Lipinski definition) is 5. The molecule has 0 saturated carbocycles. The Hall–Kier alpha value is -2.21. The minimum absolute atomic E-state index is 0.320. The molecule has 2 aromatic heterocycles. The predicted molar refractivity (Wildman–Crippen MR) is 87.0 cm³/mol. The Balaban J connectivity index is 1.53. The van der Waals surface area contributed by atoms with E-state index < -0.39 is 0 Å². The van der Waals surface area contributed by atoms with Crippen LogP contribution in [-0.2, 0) is 6.54 Å². The number of H-pyrrole nitrogens is 1. The summed E-state index contributed by atoms with van der Waals surface area (Å²) in [7, 11) is 0. The van der Waals surface area contributed by atoms with Crippen molar-refractivity contribution in [3.05, 3.63) is 41.7 Å². The first-order valence-corrected chi connectivity index (χ1v) is 8.17. The highest BCUT2D eigenvalue weighted by molar-refractivity contribution is 5.78. The number of likely N-dealkylation sites (tertiary alicyclic amines) is 1. The van der Waals surface area contributed by atoms with Crippen molar-refractivity contribution in [2.45, 2.75) is 45.2 Å². The van der Waals surface area contributed by atoms with Gasteiger partial charge in [0.05, 0.1) is 17.6 Å². The van der Waals surface area contributed by atoms with E-state index in [9.17, 15) is 0 Å². The van der Waals surface area contributed by atoms with Crippen LogP contribution in [0.25, 0.3) is 10.9 Å². The van der Waals surface area contributed by atoms with Crippen molar-refractivity contribution in [1.29, 1.82) is 0 Å². The molecule has 6 nitrogen and oxygen atoms in total. The zero-order valence-electron chi connectivity index (χ0n) is 13.5. The molecule has 4 rings (SSSR count). The molecular formula is C17H21N5O. The minimum atomic E-state index is 0.320. The lowest BCUT2D eigenvalue weighted by Crippen LogP contribution is -2.41. The third kappa shape index (κ3) is 2.74. The average molecular weight is 311 g/mol. The molecule has 0 amide bonds. The van der Waals surface area contributed by atoms with E-state index in [0.29, 0.717) is 17.9 Å². The molecule has 0 unspecified atom stereocenters. The van der Waals surface area contributed by atoms with E-state index >= 15 is 0 Å². The number of hydrogen-bond donors (Lipinski definition) is 1. The van der Waals surface area contributed by atoms with Gasteiger partial charge in [-0.25, -0.2) is 0 Å². The smallest absolute Gasteiger partial charge is 0.221 e. The molecule has 0 aliphatic carbocycles. The summed E-state index contributed by atoms with van der Waals surface area (Å²) in [6, 6.07) is 6.89. The first-order chi connectivity index (χ1) is 11.2. The molecule has 0 radical (unpaired) electrons. The Morgan fingerprint density at radius 2 is 2.26 bits per heavy atom. The third-order valence-corrected chi connectivity index (χ3v) is 4.87. The summed E-state index contributed by atoms with van der Waals surface area (Å²) in [5, 5.41) is 16.5. The summed E-state index contributed by atoms with van der Waals surface area (Å²) in [4.78, 5) is 2.51. The van der Waals surface area contributed by atoms with Crippen molar-refractivity contribution in [3.8, 4) is 0 Å². The average Bonchev–Trinajstić information content (AvgIpc) is 3.17. The first kappa shape index (κ1) is 14.4. The van der Waals surface area contributed by atoms with Gasteiger partial charge in [0.15, 0.2) is 0 Å². The predicted octanol–water partition coefficient (Wildman–Crippen LogP) is 3.02. The van der Waals surface area contributed by atoms with Gasteiger partial charge in [0.25, 0.3) is 0 Å². The molecule has 0 bridgehead atoms. The zero-order valence-corrected chi connectivity index (χ0v) is 13.5. The van der Waals surface area contributed by atoms with Gasteiger partial charge in [-0.1, -0.05) is 12.1 Å². The molecule has 3 aromatic rings. The highest BCUT2D eigenvalue weighted by Gasteiger charge is 2.32. The highest BCUT2D eigenvalue weighted by Crippen LogP contribution is 2.32. The number of aromatic nitrogens is 4. The second-order valence-electron chi connectivity index (χ2n) is 6.41. The zero-order chi connectivity index (χ0) is 15.8. The van der Waals surface area contributed by atoms with Crippen LogP contribution in [0.5, 0.6) is 0 Å². The van der Waals surface area contributed by atoms with Crippen molar-refractivity contribution in [2.75, 3.05) is 6.54 Å². The fourth-order valence-electron chi connectivity index (χ4n) is 3.55. The maximum atomic E-state index is 5.68. The topological polar surface area (TPSA) is 70.8 Å². The van der Waals surface area contributed by atoms with Crippen LogP contribution in [0.3, 0.4) is 0 Å². The van der Waals surface area contributed by atoms with E-state index in [0.717, 1.165) is 42.7 Å². The van der Waals surface area contributed by atoms with Crippen molar-refractivity contribution in [3.63, 3.8) is 0 Å². The molecule has 2 atom stereocenters. The van der Waals surface area contributed by atoms with Crippen molar-refractivity contribution >= 4 is 10.9 Å². The molecule has 1 aliphatic rings. The second kappa shape index (κ2) is 5.77. The normalized spacial score (nSPS) is 22.7. The Bertz CT molecular complexity index is 808. The van der Waals surface area contributed by atoms with Crippen molar-refractivity contribution in [1.82, 2.24) is 25.3 Å². The van der Waals surface area contributed by atoms with Crippen LogP contribution < -0.4 is 0 Å². The molecule has 23 heavy (non-hydrogen) atoms. The number of nitrogens with zero attached hydrogens (tertiary/aromatic N) is 4. The molecule has 1 N–H and O–H groups in total. The summed E-state index contributed by atoms with van der Waals surface area (Å²) in [6.07, 6.45) is 4.12. The summed E-state index contributed by atoms with van der Waals surface area (Å²) >= 11 is 0. The van der Waals surface area contributed by atoms with E-state index in [1.165, 1.54) is 5.56 Å². The lowest BCUT2D eigenvalue weighted by Gasteiger charge is -2.37. The molecule has 120 valence electrons. The lowest BCUT2D eigenvalue weighted by atomic mass is 9.89. The van der Waals surface area contributed by atoms with Crippen LogP contribution >= 0.6 is 0 Å². The standard InChI is InChI=1S/C17H21N5O/c1-11-15(17-21-19-12(2)23-17)4-3-7-22(11)10-13-5-6-14-9-18-20-16(14)8-13/h5-6,8-9,11,15H,3-4,7,10H2,1-2H3,(H,18,20)/t11-,15-/m0/s1. The number of fused-ring (bicyclic) bond motifs is 1. The molecule has 6 heteroatoms. The van der Waals surface area contributed by atoms with Crippen LogP contribution in [0.1, 0.15) is 43.0 Å². The van der Waals surface area contributed by atoms with Crippen molar-refractivity contribution in [2.24, 2.45) is 0 Å². The van der Waals surface area contributed by atoms with E-state index in [4.69, 9.17) is 4.42 Å². The van der Waals surface area contributed by atoms with Crippen molar-refractivity contribution < 1.29 is 4.42 Å². The number of aromatic amines is 1. The minimum Gasteiger partial charge on any atom is -0.425 e. The van der Waals surface area contributed by atoms with Gasteiger partial charge in [-0.15, -0.1) is 10.2 Å². The van der Waals surface area contributed by atoms with Gasteiger partial charge >= 0.3 is 0 Å². The number of nitrogens with one attached hydrogen (secondary N) is 1. The Kier molecular flexibility index (Phi) is 3.61. The molecule has 1 aromatic carbocycles. The Morgan fingerprint density at radius 1 is 1.35 bits per heavy atom. The Morgan fingerprint density at radius 3 is 3.09 bits per heavy atom. The second-order valence-corrected chi connectivity index (χ2v) is 6.41. The molecular weight excluding hydrogens is 290 g/mol. The quantitative estimate of drug-likeness (QED) is 0.805. The SMILES string of the molecule is Cc1nnc([C@H]2CCCN(Cc3ccc4cn[nH]c4c3)[C@H]2C)o1. The Labute approximate surface area is 134 Å². The van der Waals surface area contributed by atoms with Crippen LogP contribution in [0.15, 0.2) is 28.8 Å². The summed E-state index contributed by atoms with van der Waals surface area (Å²) in [6.45, 7) is 6.14. The molecule has 1 fully saturated rings. The maximum absolute atomic E-state index is 5.68. The maximum Gasteiger partial charge on any atom is 0.221 e. The summed E-state index contributed by atoms with van der Waals surface area (Å²) in [5.74, 6) is 1.75.